The molecular formula is C44H71FN2O10. The number of methoxy groups -OCH3 is 3. The summed E-state index contributed by atoms with van der Waals surface area (Å²) in [7, 11) is 6.58. The molecule has 3 aliphatic heterocycles. The molecule has 1 aliphatic carbocycles. The number of likely N-dealkylation sites (N-methyl/N-ethyl adjacent to an activating group) is 1. The van der Waals surface area contributed by atoms with Gasteiger partial charge in [0, 0.05) is 52.2 Å². The van der Waals surface area contributed by atoms with E-state index < -0.39 is 77.8 Å². The van der Waals surface area contributed by atoms with Gasteiger partial charge in [-0.1, -0.05) is 39.8 Å². The Balaban J connectivity index is 1.75. The Labute approximate surface area is 340 Å². The number of piperidine rings is 1. The number of ketones is 2. The molecule has 2 N–H and O–H groups in total. The topological polar surface area (TPSA) is 150 Å². The van der Waals surface area contributed by atoms with Crippen molar-refractivity contribution in [1.29, 1.82) is 0 Å². The van der Waals surface area contributed by atoms with Gasteiger partial charge in [0.25, 0.3) is 11.7 Å². The summed E-state index contributed by atoms with van der Waals surface area (Å²) in [4.78, 5) is 57.7. The summed E-state index contributed by atoms with van der Waals surface area (Å²) >= 11 is 0. The van der Waals surface area contributed by atoms with Gasteiger partial charge in [-0.2, -0.15) is 0 Å². The Morgan fingerprint density at radius 2 is 1.63 bits per heavy atom. The first-order chi connectivity index (χ1) is 27.0. The molecule has 324 valence electrons. The molecular weight excluding hydrogens is 735 g/mol. The van der Waals surface area contributed by atoms with Gasteiger partial charge in [0.1, 0.15) is 30.2 Å². The minimum Gasteiger partial charge on any atom is -0.456 e. The predicted molar refractivity (Wildman–Crippen MR) is 214 cm³/mol. The molecule has 3 heterocycles. The molecule has 0 aromatic rings. The Kier molecular flexibility index (Phi) is 17.5. The quantitative estimate of drug-likeness (QED) is 0.186. The molecule has 4 aliphatic rings. The molecule has 13 heteroatoms. The largest absolute Gasteiger partial charge is 0.456 e. The van der Waals surface area contributed by atoms with Crippen molar-refractivity contribution in [2.45, 2.75) is 167 Å². The molecule has 2 saturated heterocycles. The van der Waals surface area contributed by atoms with Crippen LogP contribution in [0.2, 0.25) is 0 Å². The number of aliphatic hydroxyl groups is 1. The van der Waals surface area contributed by atoms with Crippen LogP contribution in [0.25, 0.3) is 0 Å². The molecule has 1 saturated carbocycles. The lowest BCUT2D eigenvalue weighted by molar-refractivity contribution is -0.302. The summed E-state index contributed by atoms with van der Waals surface area (Å²) < 4.78 is 46.1. The average molecular weight is 807 g/mol. The van der Waals surface area contributed by atoms with Crippen LogP contribution >= 0.6 is 0 Å². The second kappa shape index (κ2) is 21.1. The first-order valence-corrected chi connectivity index (χ1v) is 21.3. The number of carbonyl (C=O) groups is 4. The summed E-state index contributed by atoms with van der Waals surface area (Å²) in [5.41, 5.74) is 1.27. The van der Waals surface area contributed by atoms with Crippen molar-refractivity contribution in [3.05, 3.63) is 23.3 Å². The third-order valence-electron chi connectivity index (χ3n) is 13.4. The van der Waals surface area contributed by atoms with E-state index in [4.69, 9.17) is 23.7 Å². The average Bonchev–Trinajstić information content (AvgIpc) is 3.21. The Morgan fingerprint density at radius 3 is 2.26 bits per heavy atom. The summed E-state index contributed by atoms with van der Waals surface area (Å²) in [6.07, 6.45) is 4.82. The van der Waals surface area contributed by atoms with Crippen molar-refractivity contribution < 1.29 is 52.4 Å². The molecule has 0 aromatic heterocycles. The van der Waals surface area contributed by atoms with Crippen molar-refractivity contribution in [3.8, 4) is 0 Å². The number of alkyl halides is 1. The number of amides is 1. The highest BCUT2D eigenvalue weighted by Gasteiger charge is 2.56. The zero-order valence-corrected chi connectivity index (χ0v) is 36.1. The molecule has 1 amide bonds. The van der Waals surface area contributed by atoms with Crippen LogP contribution < -0.4 is 5.32 Å². The number of cyclic esters (lactones) is 1. The molecule has 0 radical (unpaired) electrons. The second-order valence-corrected chi connectivity index (χ2v) is 17.3. The monoisotopic (exact) mass is 807 g/mol. The number of nitrogens with one attached hydrogen (secondary N) is 1. The number of Topliss-reactive ketones (excluding diaryl/α,β-unsaturated/α-hetero) is 2. The van der Waals surface area contributed by atoms with Crippen molar-refractivity contribution in [3.63, 3.8) is 0 Å². The van der Waals surface area contributed by atoms with Crippen LogP contribution in [0.15, 0.2) is 23.3 Å². The lowest BCUT2D eigenvalue weighted by Gasteiger charge is -2.47. The number of hydrogen-bond acceptors (Lipinski definition) is 11. The Morgan fingerprint density at radius 1 is 0.965 bits per heavy atom. The maximum Gasteiger partial charge on any atom is 0.329 e. The van der Waals surface area contributed by atoms with Crippen molar-refractivity contribution >= 4 is 23.4 Å². The highest BCUT2D eigenvalue weighted by Crippen LogP contribution is 2.39. The number of carbonyl (C=O) groups excluding carboxylic acids is 4. The van der Waals surface area contributed by atoms with Gasteiger partial charge in [-0.15, -0.1) is 0 Å². The molecule has 14 unspecified atom stereocenters. The summed E-state index contributed by atoms with van der Waals surface area (Å²) in [5, 5.41) is 15.4. The lowest BCUT2D eigenvalue weighted by atomic mass is 9.81. The van der Waals surface area contributed by atoms with Crippen LogP contribution in [0.3, 0.4) is 0 Å². The maximum absolute atomic E-state index is 16.2. The molecule has 57 heavy (non-hydrogen) atoms. The molecule has 4 rings (SSSR count). The summed E-state index contributed by atoms with van der Waals surface area (Å²) in [6, 6.07) is -0.822. The SMILES string of the molecule is CCC1/C=C(\C)C(F)C(C)CC(OC)C2OC(O)(C(=O)C(=O)N3CCCCC3C(=O)OC(C(C)=CC3CCC(NC)C(OC)C3)C(C)CCC1=O)C(C)CC2OC. The first-order valence-electron chi connectivity index (χ1n) is 21.3. The number of halogens is 1. The van der Waals surface area contributed by atoms with Gasteiger partial charge in [-0.25, -0.2) is 9.18 Å². The van der Waals surface area contributed by atoms with Crippen LogP contribution in [0.1, 0.15) is 112 Å². The minimum absolute atomic E-state index is 0.0150. The number of nitrogens with zero attached hydrogens (tertiary/aromatic N) is 1. The number of ether oxygens (including phenoxy) is 5. The third-order valence-corrected chi connectivity index (χ3v) is 13.4. The maximum atomic E-state index is 16.2. The highest BCUT2D eigenvalue weighted by molar-refractivity contribution is 6.39. The van der Waals surface area contributed by atoms with Gasteiger partial charge < -0.3 is 39.0 Å². The fraction of sp³-hybridized carbons (Fsp3) is 0.818. The van der Waals surface area contributed by atoms with E-state index in [9.17, 15) is 24.3 Å². The van der Waals surface area contributed by atoms with Crippen molar-refractivity contribution in [2.24, 2.45) is 29.6 Å². The van der Waals surface area contributed by atoms with E-state index in [0.717, 1.165) is 24.8 Å². The van der Waals surface area contributed by atoms with Crippen molar-refractivity contribution in [1.82, 2.24) is 10.2 Å². The summed E-state index contributed by atoms with van der Waals surface area (Å²) in [6.45, 7) is 11.0. The fourth-order valence-corrected chi connectivity index (χ4v) is 9.65. The molecule has 0 spiro atoms. The van der Waals surface area contributed by atoms with Gasteiger partial charge in [0.15, 0.2) is 0 Å². The number of hydrogen-bond donors (Lipinski definition) is 2. The summed E-state index contributed by atoms with van der Waals surface area (Å²) in [5.74, 6) is -7.47. The molecule has 3 fully saturated rings. The van der Waals surface area contributed by atoms with Gasteiger partial charge in [-0.3, -0.25) is 14.4 Å². The molecule has 0 aromatic carbocycles. The van der Waals surface area contributed by atoms with E-state index in [0.29, 0.717) is 31.3 Å². The van der Waals surface area contributed by atoms with E-state index in [1.807, 2.05) is 27.8 Å². The van der Waals surface area contributed by atoms with E-state index in [1.54, 1.807) is 34.0 Å². The van der Waals surface area contributed by atoms with Crippen LogP contribution in [0.4, 0.5) is 4.39 Å². The molecule has 12 nitrogen and oxygen atoms in total. The van der Waals surface area contributed by atoms with Gasteiger partial charge >= 0.3 is 5.97 Å². The van der Waals surface area contributed by atoms with E-state index >= 15 is 4.39 Å². The number of allylic oxidation sites excluding steroid dienone is 3. The highest BCUT2D eigenvalue weighted by atomic mass is 19.1. The standard InChI is InChI=1S/C44H71FN2O10/c1-11-31-21-26(3)38(45)27(4)22-36(54-9)40-37(55-10)23-29(6)44(52,57-40)41(49)42(50)47-19-13-12-14-33(47)43(51)56-39(25(2)15-18-34(31)48)28(5)20-30-16-17-32(46-7)35(24-30)53-8/h20-21,25,27,29-33,35-40,46,52H,11-19,22-24H2,1-10H3/b26-21+,28-20?. The van der Waals surface area contributed by atoms with Crippen LogP contribution in [-0.2, 0) is 42.9 Å². The Hall–Kier alpha value is -2.55. The van der Waals surface area contributed by atoms with Crippen LogP contribution in [0, 0.1) is 29.6 Å². The van der Waals surface area contributed by atoms with Crippen LogP contribution in [-0.4, -0.2) is 123 Å². The normalized spacial score (nSPS) is 41.1. The minimum atomic E-state index is -2.55. The van der Waals surface area contributed by atoms with Gasteiger partial charge in [0.2, 0.25) is 5.79 Å². The van der Waals surface area contributed by atoms with Crippen LogP contribution in [0.5, 0.6) is 0 Å². The second-order valence-electron chi connectivity index (χ2n) is 17.3. The number of esters is 1. The van der Waals surface area contributed by atoms with Gasteiger partial charge in [-0.05, 0) is 114 Å². The fourth-order valence-electron chi connectivity index (χ4n) is 9.65. The smallest absolute Gasteiger partial charge is 0.329 e. The van der Waals surface area contributed by atoms with E-state index in [2.05, 4.69) is 11.4 Å². The predicted octanol–water partition coefficient (Wildman–Crippen LogP) is 5.68. The Bertz CT molecular complexity index is 1460. The zero-order chi connectivity index (χ0) is 42.2. The molecule has 2 bridgehead atoms. The third kappa shape index (κ3) is 11.0. The zero-order valence-electron chi connectivity index (χ0n) is 36.1. The van der Waals surface area contributed by atoms with E-state index in [1.165, 1.54) is 19.1 Å². The number of fused-ring (bicyclic) bond motifs is 3. The first kappa shape index (κ1) is 47.1. The lowest BCUT2D eigenvalue weighted by Crippen LogP contribution is -2.64. The van der Waals surface area contributed by atoms with Gasteiger partial charge in [0.05, 0.1) is 18.3 Å². The number of rotatable bonds is 7. The van der Waals surface area contributed by atoms with E-state index in [-0.39, 0.29) is 62.0 Å². The molecule has 14 atom stereocenters. The van der Waals surface area contributed by atoms with Crippen molar-refractivity contribution in [2.75, 3.05) is 34.9 Å².